The highest BCUT2D eigenvalue weighted by atomic mass is 19.2. The molecule has 2 N–H and O–H groups in total. The number of rotatable bonds is 5. The average Bonchev–Trinajstić information content (AvgIpc) is 2.41. The predicted octanol–water partition coefficient (Wildman–Crippen LogP) is 1.07. The summed E-state index contributed by atoms with van der Waals surface area (Å²) in [5.41, 5.74) is 0.458. The molecule has 6 heteroatoms. The molecule has 0 radical (unpaired) electrons. The van der Waals surface area contributed by atoms with Gasteiger partial charge < -0.3 is 15.2 Å². The number of hydrogen-bond acceptors (Lipinski definition) is 4. The summed E-state index contributed by atoms with van der Waals surface area (Å²) in [7, 11) is 0. The second-order valence-electron chi connectivity index (χ2n) is 4.58. The van der Waals surface area contributed by atoms with Crippen LogP contribution in [0.4, 0.5) is 14.5 Å². The van der Waals surface area contributed by atoms with E-state index < -0.39 is 17.7 Å². The van der Waals surface area contributed by atoms with Gasteiger partial charge in [0.1, 0.15) is 0 Å². The van der Waals surface area contributed by atoms with Gasteiger partial charge in [-0.1, -0.05) is 0 Å². The maximum Gasteiger partial charge on any atom is 0.160 e. The maximum absolute atomic E-state index is 13.0. The fourth-order valence-electron chi connectivity index (χ4n) is 1.99. The monoisotopic (exact) mass is 272 g/mol. The minimum atomic E-state index is -0.896. The summed E-state index contributed by atoms with van der Waals surface area (Å²) in [5, 5.41) is 12.8. The van der Waals surface area contributed by atoms with Crippen LogP contribution in [0, 0.1) is 11.6 Å². The van der Waals surface area contributed by atoms with Crippen molar-refractivity contribution in [2.75, 3.05) is 44.7 Å². The molecule has 1 atom stereocenters. The van der Waals surface area contributed by atoms with Crippen LogP contribution in [0.15, 0.2) is 18.2 Å². The Balaban J connectivity index is 1.75. The van der Waals surface area contributed by atoms with Crippen LogP contribution in [0.3, 0.4) is 0 Å². The molecule has 1 aromatic carbocycles. The molecule has 1 saturated heterocycles. The van der Waals surface area contributed by atoms with Crippen LogP contribution in [0.2, 0.25) is 0 Å². The van der Waals surface area contributed by atoms with Crippen LogP contribution < -0.4 is 5.32 Å². The van der Waals surface area contributed by atoms with Crippen molar-refractivity contribution in [3.8, 4) is 0 Å². The summed E-state index contributed by atoms with van der Waals surface area (Å²) >= 11 is 0. The van der Waals surface area contributed by atoms with Crippen molar-refractivity contribution >= 4 is 5.69 Å². The lowest BCUT2D eigenvalue weighted by atomic mass is 10.2. The Labute approximate surface area is 111 Å². The number of anilines is 1. The molecule has 1 unspecified atom stereocenters. The molecule has 19 heavy (non-hydrogen) atoms. The molecule has 0 bridgehead atoms. The van der Waals surface area contributed by atoms with Gasteiger partial charge in [0.05, 0.1) is 19.3 Å². The second kappa shape index (κ2) is 6.79. The minimum Gasteiger partial charge on any atom is -0.390 e. The molecule has 1 aliphatic heterocycles. The van der Waals surface area contributed by atoms with E-state index in [4.69, 9.17) is 4.74 Å². The Kier molecular flexibility index (Phi) is 5.07. The van der Waals surface area contributed by atoms with Crippen molar-refractivity contribution in [2.45, 2.75) is 6.10 Å². The van der Waals surface area contributed by atoms with E-state index in [1.54, 1.807) is 0 Å². The van der Waals surface area contributed by atoms with Gasteiger partial charge in [-0.3, -0.25) is 4.90 Å². The van der Waals surface area contributed by atoms with E-state index in [9.17, 15) is 13.9 Å². The molecule has 106 valence electrons. The van der Waals surface area contributed by atoms with Gasteiger partial charge in [0.25, 0.3) is 0 Å². The molecule has 0 aromatic heterocycles. The normalized spacial score (nSPS) is 18.3. The zero-order valence-electron chi connectivity index (χ0n) is 10.6. The number of hydrogen-bond donors (Lipinski definition) is 2. The summed E-state index contributed by atoms with van der Waals surface area (Å²) in [5.74, 6) is -1.77. The van der Waals surface area contributed by atoms with E-state index in [-0.39, 0.29) is 0 Å². The highest BCUT2D eigenvalue weighted by Gasteiger charge is 2.14. The molecule has 0 aliphatic carbocycles. The Bertz CT molecular complexity index is 412. The number of benzene rings is 1. The standard InChI is InChI=1S/C13H18F2N2O2/c14-12-2-1-10(7-13(12)15)16-8-11(18)9-17-3-5-19-6-4-17/h1-2,7,11,16,18H,3-6,8-9H2. The first-order valence-corrected chi connectivity index (χ1v) is 6.32. The number of aliphatic hydroxyl groups excluding tert-OH is 1. The van der Waals surface area contributed by atoms with Crippen LogP contribution in [0.25, 0.3) is 0 Å². The third-order valence-electron chi connectivity index (χ3n) is 3.03. The fourth-order valence-corrected chi connectivity index (χ4v) is 1.99. The molecular weight excluding hydrogens is 254 g/mol. The van der Waals surface area contributed by atoms with Crippen LogP contribution >= 0.6 is 0 Å². The van der Waals surface area contributed by atoms with Crippen LogP contribution in [0.5, 0.6) is 0 Å². The Morgan fingerprint density at radius 3 is 2.68 bits per heavy atom. The second-order valence-corrected chi connectivity index (χ2v) is 4.58. The third-order valence-corrected chi connectivity index (χ3v) is 3.03. The van der Waals surface area contributed by atoms with Gasteiger partial charge >= 0.3 is 0 Å². The van der Waals surface area contributed by atoms with Crippen LogP contribution in [-0.4, -0.2) is 55.5 Å². The summed E-state index contributed by atoms with van der Waals surface area (Å²) in [6, 6.07) is 3.59. The molecule has 1 fully saturated rings. The number of ether oxygens (including phenoxy) is 1. The zero-order valence-corrected chi connectivity index (χ0v) is 10.6. The number of nitrogens with zero attached hydrogens (tertiary/aromatic N) is 1. The number of aliphatic hydroxyl groups is 1. The van der Waals surface area contributed by atoms with E-state index in [0.29, 0.717) is 32.0 Å². The molecule has 1 heterocycles. The predicted molar refractivity (Wildman–Crippen MR) is 68.1 cm³/mol. The van der Waals surface area contributed by atoms with E-state index >= 15 is 0 Å². The summed E-state index contributed by atoms with van der Waals surface area (Å²) in [6.45, 7) is 3.82. The molecule has 0 spiro atoms. The first kappa shape index (κ1) is 14.2. The molecular formula is C13H18F2N2O2. The first-order chi connectivity index (χ1) is 9.15. The molecule has 2 rings (SSSR count). The number of halogens is 2. The topological polar surface area (TPSA) is 44.7 Å². The van der Waals surface area contributed by atoms with Gasteiger partial charge in [0.2, 0.25) is 0 Å². The quantitative estimate of drug-likeness (QED) is 0.841. The Morgan fingerprint density at radius 2 is 2.00 bits per heavy atom. The largest absolute Gasteiger partial charge is 0.390 e. The van der Waals surface area contributed by atoms with Crippen molar-refractivity contribution in [3.63, 3.8) is 0 Å². The van der Waals surface area contributed by atoms with Gasteiger partial charge in [0, 0.05) is 37.9 Å². The molecule has 1 aliphatic rings. The van der Waals surface area contributed by atoms with Crippen molar-refractivity contribution in [1.82, 2.24) is 4.90 Å². The Hall–Kier alpha value is -1.24. The molecule has 1 aromatic rings. The van der Waals surface area contributed by atoms with Crippen molar-refractivity contribution in [1.29, 1.82) is 0 Å². The summed E-state index contributed by atoms with van der Waals surface area (Å²) in [6.07, 6.45) is -0.564. The Morgan fingerprint density at radius 1 is 1.26 bits per heavy atom. The number of β-amino-alcohol motifs (C(OH)–C–C–N with tert-alkyl or cyclic N) is 1. The van der Waals surface area contributed by atoms with Gasteiger partial charge in [-0.05, 0) is 12.1 Å². The fraction of sp³-hybridized carbons (Fsp3) is 0.538. The van der Waals surface area contributed by atoms with E-state index in [1.165, 1.54) is 6.07 Å². The number of morpholine rings is 1. The molecule has 4 nitrogen and oxygen atoms in total. The van der Waals surface area contributed by atoms with Crippen molar-refractivity contribution in [3.05, 3.63) is 29.8 Å². The molecule has 0 amide bonds. The lowest BCUT2D eigenvalue weighted by Gasteiger charge is -2.28. The highest BCUT2D eigenvalue weighted by Crippen LogP contribution is 2.13. The van der Waals surface area contributed by atoms with Gasteiger partial charge in [-0.15, -0.1) is 0 Å². The molecule has 0 saturated carbocycles. The van der Waals surface area contributed by atoms with Gasteiger partial charge in [-0.25, -0.2) is 8.78 Å². The van der Waals surface area contributed by atoms with E-state index in [0.717, 1.165) is 25.2 Å². The van der Waals surface area contributed by atoms with E-state index in [1.807, 2.05) is 0 Å². The first-order valence-electron chi connectivity index (χ1n) is 6.32. The minimum absolute atomic E-state index is 0.294. The number of nitrogens with one attached hydrogen (secondary N) is 1. The van der Waals surface area contributed by atoms with Crippen LogP contribution in [0.1, 0.15) is 0 Å². The van der Waals surface area contributed by atoms with Gasteiger partial charge in [-0.2, -0.15) is 0 Å². The van der Waals surface area contributed by atoms with Gasteiger partial charge in [0.15, 0.2) is 11.6 Å². The van der Waals surface area contributed by atoms with E-state index in [2.05, 4.69) is 10.2 Å². The third kappa shape index (κ3) is 4.41. The average molecular weight is 272 g/mol. The van der Waals surface area contributed by atoms with Crippen LogP contribution in [-0.2, 0) is 4.74 Å². The highest BCUT2D eigenvalue weighted by molar-refractivity contribution is 5.43. The maximum atomic E-state index is 13.0. The lowest BCUT2D eigenvalue weighted by molar-refractivity contribution is 0.0171. The zero-order chi connectivity index (χ0) is 13.7. The lowest BCUT2D eigenvalue weighted by Crippen LogP contribution is -2.42. The van der Waals surface area contributed by atoms with Crippen molar-refractivity contribution in [2.24, 2.45) is 0 Å². The summed E-state index contributed by atoms with van der Waals surface area (Å²) < 4.78 is 30.9. The SMILES string of the molecule is OC(CNc1ccc(F)c(F)c1)CN1CCOCC1. The smallest absolute Gasteiger partial charge is 0.160 e. The summed E-state index contributed by atoms with van der Waals surface area (Å²) in [4.78, 5) is 2.11. The van der Waals surface area contributed by atoms with Crippen molar-refractivity contribution < 1.29 is 18.6 Å².